The highest BCUT2D eigenvalue weighted by Crippen LogP contribution is 2.15. The lowest BCUT2D eigenvalue weighted by Gasteiger charge is -2.09. The predicted octanol–water partition coefficient (Wildman–Crippen LogP) is 0.264. The number of amides is 2. The SMILES string of the molecule is CCNC(=O)CNC(=O)c1cc(S(C)(=O)=O)ccc1C. The predicted molar refractivity (Wildman–Crippen MR) is 75.3 cm³/mol. The summed E-state index contributed by atoms with van der Waals surface area (Å²) in [5.41, 5.74) is 0.892. The molecule has 0 aliphatic rings. The van der Waals surface area contributed by atoms with Crippen LogP contribution in [0.3, 0.4) is 0 Å². The van der Waals surface area contributed by atoms with Gasteiger partial charge in [0.1, 0.15) is 0 Å². The number of carbonyl (C=O) groups is 2. The Morgan fingerprint density at radius 2 is 1.85 bits per heavy atom. The lowest BCUT2D eigenvalue weighted by Crippen LogP contribution is -2.37. The molecule has 0 fully saturated rings. The fourth-order valence-corrected chi connectivity index (χ4v) is 2.24. The zero-order chi connectivity index (χ0) is 15.3. The Morgan fingerprint density at radius 3 is 2.40 bits per heavy atom. The van der Waals surface area contributed by atoms with E-state index in [1.807, 2.05) is 0 Å². The van der Waals surface area contributed by atoms with Gasteiger partial charge in [0.25, 0.3) is 5.91 Å². The Labute approximate surface area is 118 Å². The summed E-state index contributed by atoms with van der Waals surface area (Å²) in [5, 5.41) is 5.01. The van der Waals surface area contributed by atoms with E-state index in [0.717, 1.165) is 6.26 Å². The van der Waals surface area contributed by atoms with Gasteiger partial charge < -0.3 is 10.6 Å². The Morgan fingerprint density at radius 1 is 1.20 bits per heavy atom. The number of rotatable bonds is 5. The van der Waals surface area contributed by atoms with E-state index in [1.54, 1.807) is 19.9 Å². The highest BCUT2D eigenvalue weighted by atomic mass is 32.2. The number of hydrogen-bond donors (Lipinski definition) is 2. The molecule has 0 aromatic heterocycles. The molecule has 0 aliphatic carbocycles. The van der Waals surface area contributed by atoms with Crippen molar-refractivity contribution in [3.8, 4) is 0 Å². The number of carbonyl (C=O) groups excluding carboxylic acids is 2. The van der Waals surface area contributed by atoms with Gasteiger partial charge in [-0.2, -0.15) is 0 Å². The van der Waals surface area contributed by atoms with Crippen LogP contribution in [0.1, 0.15) is 22.8 Å². The average Bonchev–Trinajstić information content (AvgIpc) is 2.35. The fraction of sp³-hybridized carbons (Fsp3) is 0.385. The number of likely N-dealkylation sites (N-methyl/N-ethyl adjacent to an activating group) is 1. The second-order valence-corrected chi connectivity index (χ2v) is 6.40. The minimum Gasteiger partial charge on any atom is -0.355 e. The molecule has 0 aliphatic heterocycles. The first-order chi connectivity index (χ1) is 9.25. The molecule has 0 saturated carbocycles. The van der Waals surface area contributed by atoms with Crippen molar-refractivity contribution in [3.63, 3.8) is 0 Å². The van der Waals surface area contributed by atoms with Crippen LogP contribution in [0.15, 0.2) is 23.1 Å². The molecule has 0 bridgehead atoms. The van der Waals surface area contributed by atoms with Crippen LogP contribution >= 0.6 is 0 Å². The van der Waals surface area contributed by atoms with Gasteiger partial charge in [0.2, 0.25) is 5.91 Å². The van der Waals surface area contributed by atoms with E-state index in [2.05, 4.69) is 10.6 Å². The smallest absolute Gasteiger partial charge is 0.252 e. The molecule has 0 unspecified atom stereocenters. The van der Waals surface area contributed by atoms with Crippen LogP contribution < -0.4 is 10.6 Å². The maximum Gasteiger partial charge on any atom is 0.252 e. The molecule has 1 rings (SSSR count). The van der Waals surface area contributed by atoms with Gasteiger partial charge >= 0.3 is 0 Å². The first-order valence-electron chi connectivity index (χ1n) is 6.11. The molecule has 20 heavy (non-hydrogen) atoms. The van der Waals surface area contributed by atoms with E-state index in [1.165, 1.54) is 12.1 Å². The van der Waals surface area contributed by atoms with Crippen molar-refractivity contribution in [2.75, 3.05) is 19.3 Å². The van der Waals surface area contributed by atoms with Crippen LogP contribution in [0.5, 0.6) is 0 Å². The molecule has 0 saturated heterocycles. The minimum atomic E-state index is -3.37. The molecule has 2 amide bonds. The van der Waals surface area contributed by atoms with E-state index in [0.29, 0.717) is 12.1 Å². The Bertz CT molecular complexity index is 623. The number of hydrogen-bond acceptors (Lipinski definition) is 4. The summed E-state index contributed by atoms with van der Waals surface area (Å²) >= 11 is 0. The molecular weight excluding hydrogens is 280 g/mol. The second-order valence-electron chi connectivity index (χ2n) is 4.39. The fourth-order valence-electron chi connectivity index (χ4n) is 1.59. The van der Waals surface area contributed by atoms with Crippen molar-refractivity contribution < 1.29 is 18.0 Å². The Hall–Kier alpha value is -1.89. The standard InChI is InChI=1S/C13H18N2O4S/c1-4-14-12(16)8-15-13(17)11-7-10(20(3,18)19)6-5-9(11)2/h5-7H,4,8H2,1-3H3,(H,14,16)(H,15,17). The average molecular weight is 298 g/mol. The maximum absolute atomic E-state index is 12.0. The van der Waals surface area contributed by atoms with Crippen molar-refractivity contribution in [3.05, 3.63) is 29.3 Å². The van der Waals surface area contributed by atoms with E-state index in [-0.39, 0.29) is 22.9 Å². The van der Waals surface area contributed by atoms with Gasteiger partial charge in [-0.25, -0.2) is 8.42 Å². The molecule has 7 heteroatoms. The summed E-state index contributed by atoms with van der Waals surface area (Å²) in [6, 6.07) is 4.33. The first kappa shape index (κ1) is 16.2. The van der Waals surface area contributed by atoms with Crippen molar-refractivity contribution in [1.82, 2.24) is 10.6 Å². The van der Waals surface area contributed by atoms with Crippen LogP contribution in [-0.4, -0.2) is 39.6 Å². The third-order valence-corrected chi connectivity index (χ3v) is 3.78. The first-order valence-corrected chi connectivity index (χ1v) is 8.00. The van der Waals surface area contributed by atoms with Crippen molar-refractivity contribution in [1.29, 1.82) is 0 Å². The second kappa shape index (κ2) is 6.51. The Kier molecular flexibility index (Phi) is 5.26. The van der Waals surface area contributed by atoms with Gasteiger partial charge in [-0.05, 0) is 31.5 Å². The van der Waals surface area contributed by atoms with Crippen molar-refractivity contribution in [2.45, 2.75) is 18.7 Å². The van der Waals surface area contributed by atoms with Crippen molar-refractivity contribution >= 4 is 21.7 Å². The molecule has 2 N–H and O–H groups in total. The number of nitrogens with one attached hydrogen (secondary N) is 2. The summed E-state index contributed by atoms with van der Waals surface area (Å²) in [6.07, 6.45) is 1.08. The molecule has 110 valence electrons. The number of benzene rings is 1. The molecule has 0 spiro atoms. The molecule has 0 atom stereocenters. The number of aryl methyl sites for hydroxylation is 1. The summed E-state index contributed by atoms with van der Waals surface area (Å²) in [5.74, 6) is -0.767. The van der Waals surface area contributed by atoms with Gasteiger partial charge in [-0.1, -0.05) is 6.07 Å². The summed E-state index contributed by atoms with van der Waals surface area (Å²) in [4.78, 5) is 23.3. The van der Waals surface area contributed by atoms with E-state index in [4.69, 9.17) is 0 Å². The van der Waals surface area contributed by atoms with Gasteiger partial charge in [-0.15, -0.1) is 0 Å². The van der Waals surface area contributed by atoms with Gasteiger partial charge in [-0.3, -0.25) is 9.59 Å². The third kappa shape index (κ3) is 4.34. The molecule has 6 nitrogen and oxygen atoms in total. The molecule has 1 aromatic rings. The zero-order valence-electron chi connectivity index (χ0n) is 11.7. The minimum absolute atomic E-state index is 0.0752. The van der Waals surface area contributed by atoms with E-state index in [9.17, 15) is 18.0 Å². The summed E-state index contributed by atoms with van der Waals surface area (Å²) in [6.45, 7) is 3.82. The van der Waals surface area contributed by atoms with Crippen LogP contribution in [0.25, 0.3) is 0 Å². The molecule has 1 aromatic carbocycles. The molecule has 0 heterocycles. The monoisotopic (exact) mass is 298 g/mol. The van der Waals surface area contributed by atoms with Crippen LogP contribution in [0, 0.1) is 6.92 Å². The highest BCUT2D eigenvalue weighted by molar-refractivity contribution is 7.90. The van der Waals surface area contributed by atoms with Gasteiger partial charge in [0.05, 0.1) is 11.4 Å². The number of sulfone groups is 1. The summed E-state index contributed by atoms with van der Waals surface area (Å²) < 4.78 is 22.9. The van der Waals surface area contributed by atoms with Gasteiger partial charge in [0.15, 0.2) is 9.84 Å². The quantitative estimate of drug-likeness (QED) is 0.816. The van der Waals surface area contributed by atoms with Gasteiger partial charge in [0, 0.05) is 18.4 Å². The van der Waals surface area contributed by atoms with E-state index < -0.39 is 15.7 Å². The summed E-state index contributed by atoms with van der Waals surface area (Å²) in [7, 11) is -3.37. The molecule has 0 radical (unpaired) electrons. The largest absolute Gasteiger partial charge is 0.355 e. The zero-order valence-corrected chi connectivity index (χ0v) is 12.5. The van der Waals surface area contributed by atoms with E-state index >= 15 is 0 Å². The van der Waals surface area contributed by atoms with Crippen LogP contribution in [-0.2, 0) is 14.6 Å². The third-order valence-electron chi connectivity index (χ3n) is 2.67. The lowest BCUT2D eigenvalue weighted by molar-refractivity contribution is -0.120. The van der Waals surface area contributed by atoms with Crippen LogP contribution in [0.4, 0.5) is 0 Å². The highest BCUT2D eigenvalue weighted by Gasteiger charge is 2.14. The normalized spacial score (nSPS) is 10.9. The Balaban J connectivity index is 2.90. The lowest BCUT2D eigenvalue weighted by atomic mass is 10.1. The molecular formula is C13H18N2O4S. The maximum atomic E-state index is 12.0. The van der Waals surface area contributed by atoms with Crippen molar-refractivity contribution in [2.24, 2.45) is 0 Å². The van der Waals surface area contributed by atoms with Crippen LogP contribution in [0.2, 0.25) is 0 Å². The topological polar surface area (TPSA) is 92.3 Å².